The molecule has 0 bridgehead atoms. The zero-order valence-electron chi connectivity index (χ0n) is 11.8. The highest BCUT2D eigenvalue weighted by Crippen LogP contribution is 2.08. The van der Waals surface area contributed by atoms with E-state index in [1.165, 1.54) is 5.56 Å². The second-order valence-corrected chi connectivity index (χ2v) is 5.13. The molecule has 1 atom stereocenters. The molecular formula is C13H25N3O2. The van der Waals surface area contributed by atoms with Gasteiger partial charge in [-0.1, -0.05) is 13.8 Å². The third-order valence-electron chi connectivity index (χ3n) is 2.72. The zero-order chi connectivity index (χ0) is 13.5. The van der Waals surface area contributed by atoms with E-state index in [0.717, 1.165) is 17.9 Å². The first-order chi connectivity index (χ1) is 8.50. The van der Waals surface area contributed by atoms with Crippen molar-refractivity contribution in [3.8, 4) is 0 Å². The van der Waals surface area contributed by atoms with Crippen LogP contribution in [0, 0.1) is 19.8 Å². The molecule has 0 aromatic carbocycles. The molecule has 1 heterocycles. The van der Waals surface area contributed by atoms with Gasteiger partial charge < -0.3 is 15.2 Å². The van der Waals surface area contributed by atoms with E-state index in [4.69, 9.17) is 4.74 Å². The smallest absolute Gasteiger partial charge is 0.0897 e. The maximum absolute atomic E-state index is 9.72. The van der Waals surface area contributed by atoms with Gasteiger partial charge in [0.25, 0.3) is 0 Å². The minimum atomic E-state index is -0.462. The first kappa shape index (κ1) is 15.1. The van der Waals surface area contributed by atoms with Crippen LogP contribution >= 0.6 is 0 Å². The molecule has 1 aromatic rings. The van der Waals surface area contributed by atoms with Gasteiger partial charge in [0.05, 0.1) is 18.4 Å². The Labute approximate surface area is 109 Å². The summed E-state index contributed by atoms with van der Waals surface area (Å²) in [6.45, 7) is 10.5. The summed E-state index contributed by atoms with van der Waals surface area (Å²) in [7, 11) is 0. The molecule has 0 aliphatic carbocycles. The molecule has 5 heteroatoms. The second kappa shape index (κ2) is 7.51. The summed E-state index contributed by atoms with van der Waals surface area (Å²) in [5.41, 5.74) is 3.25. The highest BCUT2D eigenvalue weighted by atomic mass is 16.5. The SMILES string of the molecule is Cc1n[nH]c(C)c1CNC[C@@H](O)COCC(C)C. The number of aliphatic hydroxyl groups is 1. The van der Waals surface area contributed by atoms with Crippen LogP contribution < -0.4 is 5.32 Å². The first-order valence-corrected chi connectivity index (χ1v) is 6.47. The molecular weight excluding hydrogens is 230 g/mol. The minimum Gasteiger partial charge on any atom is -0.389 e. The van der Waals surface area contributed by atoms with Gasteiger partial charge in [-0.15, -0.1) is 0 Å². The van der Waals surface area contributed by atoms with Gasteiger partial charge in [0.2, 0.25) is 0 Å². The Balaban J connectivity index is 2.17. The number of aliphatic hydroxyl groups excluding tert-OH is 1. The van der Waals surface area contributed by atoms with Crippen LogP contribution in [-0.2, 0) is 11.3 Å². The molecule has 1 aromatic heterocycles. The van der Waals surface area contributed by atoms with E-state index in [1.54, 1.807) is 0 Å². The molecule has 0 amide bonds. The van der Waals surface area contributed by atoms with Crippen molar-refractivity contribution in [1.82, 2.24) is 15.5 Å². The quantitative estimate of drug-likeness (QED) is 0.652. The van der Waals surface area contributed by atoms with E-state index in [1.807, 2.05) is 13.8 Å². The largest absolute Gasteiger partial charge is 0.389 e. The molecule has 1 rings (SSSR count). The lowest BCUT2D eigenvalue weighted by Gasteiger charge is -2.13. The van der Waals surface area contributed by atoms with Crippen molar-refractivity contribution in [2.24, 2.45) is 5.92 Å². The lowest BCUT2D eigenvalue weighted by Crippen LogP contribution is -2.30. The van der Waals surface area contributed by atoms with E-state index in [-0.39, 0.29) is 0 Å². The van der Waals surface area contributed by atoms with Gasteiger partial charge in [0, 0.05) is 31.0 Å². The van der Waals surface area contributed by atoms with E-state index in [2.05, 4.69) is 29.4 Å². The van der Waals surface area contributed by atoms with E-state index in [0.29, 0.717) is 25.7 Å². The maximum atomic E-state index is 9.72. The molecule has 3 N–H and O–H groups in total. The van der Waals surface area contributed by atoms with E-state index < -0.39 is 6.10 Å². The summed E-state index contributed by atoms with van der Waals surface area (Å²) < 4.78 is 5.38. The van der Waals surface area contributed by atoms with Crippen molar-refractivity contribution in [2.75, 3.05) is 19.8 Å². The number of nitrogens with one attached hydrogen (secondary N) is 2. The highest BCUT2D eigenvalue weighted by molar-refractivity contribution is 5.22. The van der Waals surface area contributed by atoms with E-state index >= 15 is 0 Å². The summed E-state index contributed by atoms with van der Waals surface area (Å²) >= 11 is 0. The number of hydrogen-bond acceptors (Lipinski definition) is 4. The maximum Gasteiger partial charge on any atom is 0.0897 e. The molecule has 0 fully saturated rings. The second-order valence-electron chi connectivity index (χ2n) is 5.13. The third-order valence-corrected chi connectivity index (χ3v) is 2.72. The van der Waals surface area contributed by atoms with Gasteiger partial charge in [-0.05, 0) is 19.8 Å². The number of aryl methyl sites for hydroxylation is 2. The van der Waals surface area contributed by atoms with Gasteiger partial charge in [-0.3, -0.25) is 5.10 Å². The molecule has 0 aliphatic rings. The number of aromatic amines is 1. The monoisotopic (exact) mass is 255 g/mol. The summed E-state index contributed by atoms with van der Waals surface area (Å²) in [5, 5.41) is 20.0. The molecule has 0 saturated heterocycles. The lowest BCUT2D eigenvalue weighted by atomic mass is 10.2. The molecule has 0 unspecified atom stereocenters. The Bertz CT molecular complexity index is 331. The van der Waals surface area contributed by atoms with Crippen LogP contribution in [0.4, 0.5) is 0 Å². The predicted molar refractivity (Wildman–Crippen MR) is 71.4 cm³/mol. The Hall–Kier alpha value is -0.910. The van der Waals surface area contributed by atoms with Gasteiger partial charge in [0.15, 0.2) is 0 Å². The van der Waals surface area contributed by atoms with Crippen LogP contribution in [0.1, 0.15) is 30.8 Å². The van der Waals surface area contributed by atoms with Crippen LogP contribution in [0.2, 0.25) is 0 Å². The van der Waals surface area contributed by atoms with Crippen LogP contribution in [0.3, 0.4) is 0 Å². The zero-order valence-corrected chi connectivity index (χ0v) is 11.8. The summed E-state index contributed by atoms with van der Waals surface area (Å²) in [6, 6.07) is 0. The Morgan fingerprint density at radius 1 is 1.33 bits per heavy atom. The molecule has 5 nitrogen and oxygen atoms in total. The van der Waals surface area contributed by atoms with Crippen LogP contribution in [0.5, 0.6) is 0 Å². The number of ether oxygens (including phenoxy) is 1. The van der Waals surface area contributed by atoms with Crippen molar-refractivity contribution < 1.29 is 9.84 Å². The fourth-order valence-electron chi connectivity index (χ4n) is 1.70. The molecule has 104 valence electrons. The number of rotatable bonds is 8. The average molecular weight is 255 g/mol. The van der Waals surface area contributed by atoms with Gasteiger partial charge in [0.1, 0.15) is 0 Å². The fraction of sp³-hybridized carbons (Fsp3) is 0.769. The Morgan fingerprint density at radius 2 is 2.06 bits per heavy atom. The topological polar surface area (TPSA) is 70.2 Å². The summed E-state index contributed by atoms with van der Waals surface area (Å²) in [6.07, 6.45) is -0.462. The number of H-pyrrole nitrogens is 1. The van der Waals surface area contributed by atoms with Gasteiger partial charge >= 0.3 is 0 Å². The molecule has 0 spiro atoms. The normalized spacial score (nSPS) is 13.2. The molecule has 0 saturated carbocycles. The van der Waals surface area contributed by atoms with Crippen LogP contribution in [0.25, 0.3) is 0 Å². The van der Waals surface area contributed by atoms with Crippen molar-refractivity contribution in [1.29, 1.82) is 0 Å². The number of aromatic nitrogens is 2. The minimum absolute atomic E-state index is 0.383. The average Bonchev–Trinajstić information content (AvgIpc) is 2.60. The molecule has 0 radical (unpaired) electrons. The number of nitrogens with zero attached hydrogens (tertiary/aromatic N) is 1. The highest BCUT2D eigenvalue weighted by Gasteiger charge is 2.08. The van der Waals surface area contributed by atoms with E-state index in [9.17, 15) is 5.11 Å². The summed E-state index contributed by atoms with van der Waals surface area (Å²) in [4.78, 5) is 0. The Morgan fingerprint density at radius 3 is 2.61 bits per heavy atom. The standard InChI is InChI=1S/C13H25N3O2/c1-9(2)7-18-8-12(17)5-14-6-13-10(3)15-16-11(13)4/h9,12,14,17H,5-8H2,1-4H3,(H,15,16)/t12-/m1/s1. The molecule has 0 aliphatic heterocycles. The van der Waals surface area contributed by atoms with Crippen molar-refractivity contribution in [3.63, 3.8) is 0 Å². The van der Waals surface area contributed by atoms with Crippen LogP contribution in [-0.4, -0.2) is 41.2 Å². The third kappa shape index (κ3) is 5.16. The summed E-state index contributed by atoms with van der Waals surface area (Å²) in [5.74, 6) is 0.501. The first-order valence-electron chi connectivity index (χ1n) is 6.47. The van der Waals surface area contributed by atoms with Crippen molar-refractivity contribution >= 4 is 0 Å². The van der Waals surface area contributed by atoms with Gasteiger partial charge in [-0.25, -0.2) is 0 Å². The van der Waals surface area contributed by atoms with Crippen LogP contribution in [0.15, 0.2) is 0 Å². The number of hydrogen-bond donors (Lipinski definition) is 3. The lowest BCUT2D eigenvalue weighted by molar-refractivity contribution is 0.0260. The van der Waals surface area contributed by atoms with Crippen molar-refractivity contribution in [3.05, 3.63) is 17.0 Å². The van der Waals surface area contributed by atoms with Gasteiger partial charge in [-0.2, -0.15) is 5.10 Å². The fourth-order valence-corrected chi connectivity index (χ4v) is 1.70. The molecule has 18 heavy (non-hydrogen) atoms. The van der Waals surface area contributed by atoms with Crippen molar-refractivity contribution in [2.45, 2.75) is 40.3 Å². The Kier molecular flexibility index (Phi) is 6.32. The predicted octanol–water partition coefficient (Wildman–Crippen LogP) is 1.15.